The van der Waals surface area contributed by atoms with Gasteiger partial charge in [-0.05, 0) is 24.6 Å². The summed E-state index contributed by atoms with van der Waals surface area (Å²) >= 11 is 3.30. The van der Waals surface area contributed by atoms with E-state index in [1.54, 1.807) is 0 Å². The van der Waals surface area contributed by atoms with Gasteiger partial charge >= 0.3 is 0 Å². The van der Waals surface area contributed by atoms with Crippen molar-refractivity contribution >= 4 is 21.5 Å². The van der Waals surface area contributed by atoms with Crippen LogP contribution in [0, 0.1) is 6.92 Å². The van der Waals surface area contributed by atoms with E-state index in [0.717, 1.165) is 22.4 Å². The summed E-state index contributed by atoms with van der Waals surface area (Å²) < 4.78 is 5.31. The summed E-state index contributed by atoms with van der Waals surface area (Å²) in [5.41, 5.74) is 0.980. The topological polar surface area (TPSA) is 13.1 Å². The van der Waals surface area contributed by atoms with E-state index < -0.39 is 0 Å². The molecule has 54 valence electrons. The van der Waals surface area contributed by atoms with E-state index in [9.17, 15) is 0 Å². The summed E-state index contributed by atoms with van der Waals surface area (Å²) in [4.78, 5) is 0. The standard InChI is InChI=1S/C8H9BrO/c1-6(5-9)8-4-3-7(2)10-8/h3-4H,1,5H2,2H3. The Kier molecular flexibility index (Phi) is 2.33. The molecule has 2 heteroatoms. The normalized spacial score (nSPS) is 9.80. The third kappa shape index (κ3) is 1.51. The molecule has 0 spiro atoms. The van der Waals surface area contributed by atoms with E-state index in [-0.39, 0.29) is 0 Å². The molecular weight excluding hydrogens is 192 g/mol. The van der Waals surface area contributed by atoms with Gasteiger partial charge in [0.05, 0.1) is 0 Å². The van der Waals surface area contributed by atoms with Gasteiger partial charge in [0.1, 0.15) is 11.5 Å². The number of alkyl halides is 1. The lowest BCUT2D eigenvalue weighted by atomic mass is 10.3. The van der Waals surface area contributed by atoms with Crippen LogP contribution in [0.1, 0.15) is 11.5 Å². The molecule has 1 rings (SSSR count). The number of halogens is 1. The van der Waals surface area contributed by atoms with Crippen LogP contribution in [0.25, 0.3) is 5.57 Å². The first-order valence-electron chi connectivity index (χ1n) is 3.04. The Balaban J connectivity index is 2.85. The second-order valence-corrected chi connectivity index (χ2v) is 2.71. The highest BCUT2D eigenvalue weighted by molar-refractivity contribution is 9.09. The Morgan fingerprint density at radius 2 is 2.40 bits per heavy atom. The van der Waals surface area contributed by atoms with Crippen LogP contribution in [0.2, 0.25) is 0 Å². The molecule has 0 radical (unpaired) electrons. The van der Waals surface area contributed by atoms with Crippen molar-refractivity contribution < 1.29 is 4.42 Å². The minimum Gasteiger partial charge on any atom is -0.462 e. The fourth-order valence-electron chi connectivity index (χ4n) is 0.690. The molecule has 1 heterocycles. The second kappa shape index (κ2) is 3.06. The number of allylic oxidation sites excluding steroid dienone is 1. The maximum Gasteiger partial charge on any atom is 0.130 e. The fraction of sp³-hybridized carbons (Fsp3) is 0.250. The van der Waals surface area contributed by atoms with Gasteiger partial charge in [0.15, 0.2) is 0 Å². The van der Waals surface area contributed by atoms with Gasteiger partial charge in [-0.3, -0.25) is 0 Å². The van der Waals surface area contributed by atoms with Crippen molar-refractivity contribution in [2.24, 2.45) is 0 Å². The number of aryl methyl sites for hydroxylation is 1. The Morgan fingerprint density at radius 3 is 2.80 bits per heavy atom. The summed E-state index contributed by atoms with van der Waals surface area (Å²) in [6.45, 7) is 5.74. The zero-order valence-corrected chi connectivity index (χ0v) is 7.44. The van der Waals surface area contributed by atoms with Crippen molar-refractivity contribution in [2.75, 3.05) is 5.33 Å². The predicted molar refractivity (Wildman–Crippen MR) is 46.3 cm³/mol. The van der Waals surface area contributed by atoms with Crippen LogP contribution < -0.4 is 0 Å². The van der Waals surface area contributed by atoms with Gasteiger partial charge in [-0.1, -0.05) is 22.5 Å². The summed E-state index contributed by atoms with van der Waals surface area (Å²) in [5, 5.41) is 0.764. The molecular formula is C8H9BrO. The zero-order valence-electron chi connectivity index (χ0n) is 5.86. The summed E-state index contributed by atoms with van der Waals surface area (Å²) in [6.07, 6.45) is 0. The van der Waals surface area contributed by atoms with Crippen molar-refractivity contribution in [1.29, 1.82) is 0 Å². The highest BCUT2D eigenvalue weighted by Gasteiger charge is 2.00. The van der Waals surface area contributed by atoms with Crippen molar-refractivity contribution in [2.45, 2.75) is 6.92 Å². The Morgan fingerprint density at radius 1 is 1.70 bits per heavy atom. The molecule has 0 aliphatic carbocycles. The fourth-order valence-corrected chi connectivity index (χ4v) is 0.967. The van der Waals surface area contributed by atoms with Gasteiger partial charge < -0.3 is 4.42 Å². The maximum atomic E-state index is 5.31. The Labute approximate surface area is 68.9 Å². The summed E-state index contributed by atoms with van der Waals surface area (Å²) in [5.74, 6) is 1.80. The number of hydrogen-bond donors (Lipinski definition) is 0. The average Bonchev–Trinajstić information content (AvgIpc) is 2.34. The monoisotopic (exact) mass is 200 g/mol. The molecule has 0 saturated carbocycles. The van der Waals surface area contributed by atoms with Crippen LogP contribution in [0.5, 0.6) is 0 Å². The molecule has 0 N–H and O–H groups in total. The molecule has 0 aromatic carbocycles. The van der Waals surface area contributed by atoms with Gasteiger partial charge in [-0.2, -0.15) is 0 Å². The Hall–Kier alpha value is -0.500. The summed E-state index contributed by atoms with van der Waals surface area (Å²) in [7, 11) is 0. The lowest BCUT2D eigenvalue weighted by molar-refractivity contribution is 0.522. The molecule has 0 atom stereocenters. The van der Waals surface area contributed by atoms with Crippen molar-refractivity contribution in [3.63, 3.8) is 0 Å². The van der Waals surface area contributed by atoms with E-state index >= 15 is 0 Å². The second-order valence-electron chi connectivity index (χ2n) is 2.15. The van der Waals surface area contributed by atoms with E-state index in [2.05, 4.69) is 22.5 Å². The first kappa shape index (κ1) is 7.61. The molecule has 1 nitrogen and oxygen atoms in total. The van der Waals surface area contributed by atoms with Crippen LogP contribution >= 0.6 is 15.9 Å². The molecule has 0 fully saturated rings. The van der Waals surface area contributed by atoms with E-state index in [1.807, 2.05) is 19.1 Å². The number of hydrogen-bond acceptors (Lipinski definition) is 1. The van der Waals surface area contributed by atoms with Crippen molar-refractivity contribution in [3.05, 3.63) is 30.2 Å². The molecule has 1 aromatic heterocycles. The third-order valence-electron chi connectivity index (χ3n) is 1.25. The van der Waals surface area contributed by atoms with E-state index in [0.29, 0.717) is 0 Å². The molecule has 1 aromatic rings. The molecule has 10 heavy (non-hydrogen) atoms. The SMILES string of the molecule is C=C(CBr)c1ccc(C)o1. The lowest BCUT2D eigenvalue weighted by Gasteiger charge is -1.93. The van der Waals surface area contributed by atoms with Gasteiger partial charge in [-0.25, -0.2) is 0 Å². The van der Waals surface area contributed by atoms with Crippen LogP contribution in [0.4, 0.5) is 0 Å². The minimum atomic E-state index is 0.764. The van der Waals surface area contributed by atoms with Gasteiger partial charge in [0, 0.05) is 5.33 Å². The van der Waals surface area contributed by atoms with Crippen LogP contribution in [-0.2, 0) is 0 Å². The lowest BCUT2D eigenvalue weighted by Crippen LogP contribution is -1.76. The van der Waals surface area contributed by atoms with Gasteiger partial charge in [-0.15, -0.1) is 0 Å². The average molecular weight is 201 g/mol. The van der Waals surface area contributed by atoms with Gasteiger partial charge in [0.2, 0.25) is 0 Å². The molecule has 0 aliphatic rings. The molecule has 0 aliphatic heterocycles. The highest BCUT2D eigenvalue weighted by Crippen LogP contribution is 2.16. The highest BCUT2D eigenvalue weighted by atomic mass is 79.9. The third-order valence-corrected chi connectivity index (χ3v) is 1.93. The smallest absolute Gasteiger partial charge is 0.130 e. The quantitative estimate of drug-likeness (QED) is 0.670. The first-order chi connectivity index (χ1) is 4.74. The number of furan rings is 1. The molecule has 0 bridgehead atoms. The van der Waals surface area contributed by atoms with E-state index in [4.69, 9.17) is 4.42 Å². The molecule has 0 amide bonds. The van der Waals surface area contributed by atoms with Crippen LogP contribution in [0.3, 0.4) is 0 Å². The van der Waals surface area contributed by atoms with Crippen molar-refractivity contribution in [1.82, 2.24) is 0 Å². The maximum absolute atomic E-state index is 5.31. The van der Waals surface area contributed by atoms with Gasteiger partial charge in [0.25, 0.3) is 0 Å². The number of rotatable bonds is 2. The Bertz CT molecular complexity index is 237. The van der Waals surface area contributed by atoms with E-state index in [1.165, 1.54) is 0 Å². The predicted octanol–water partition coefficient (Wildman–Crippen LogP) is 3.00. The largest absolute Gasteiger partial charge is 0.462 e. The minimum absolute atomic E-state index is 0.764. The molecule has 0 saturated heterocycles. The first-order valence-corrected chi connectivity index (χ1v) is 4.16. The van der Waals surface area contributed by atoms with Crippen LogP contribution in [0.15, 0.2) is 23.1 Å². The van der Waals surface area contributed by atoms with Crippen LogP contribution in [-0.4, -0.2) is 5.33 Å². The molecule has 0 unspecified atom stereocenters. The van der Waals surface area contributed by atoms with Crippen molar-refractivity contribution in [3.8, 4) is 0 Å². The zero-order chi connectivity index (χ0) is 7.56. The summed E-state index contributed by atoms with van der Waals surface area (Å²) in [6, 6.07) is 3.86.